The first-order valence-corrected chi connectivity index (χ1v) is 15.2. The van der Waals surface area contributed by atoms with Crippen LogP contribution in [0.2, 0.25) is 0 Å². The molecule has 1 aliphatic heterocycles. The third-order valence-corrected chi connectivity index (χ3v) is 9.94. The Balaban J connectivity index is 0.00000199. The highest BCUT2D eigenvalue weighted by molar-refractivity contribution is 7.99. The maximum Gasteiger partial charge on any atom is 0.0421 e. The summed E-state index contributed by atoms with van der Waals surface area (Å²) in [7, 11) is 0. The van der Waals surface area contributed by atoms with Gasteiger partial charge in [-0.2, -0.15) is 0 Å². The number of rotatable bonds is 11. The van der Waals surface area contributed by atoms with E-state index < -0.39 is 0 Å². The van der Waals surface area contributed by atoms with E-state index in [-0.39, 0.29) is 0 Å². The molecule has 0 amide bonds. The zero-order valence-corrected chi connectivity index (χ0v) is 24.2. The summed E-state index contributed by atoms with van der Waals surface area (Å²) >= 11 is 2.03. The Morgan fingerprint density at radius 3 is 1.29 bits per heavy atom. The van der Waals surface area contributed by atoms with Crippen molar-refractivity contribution < 1.29 is 0 Å². The molecule has 0 radical (unpaired) electrons. The molecule has 0 aliphatic carbocycles. The monoisotopic (exact) mass is 481 g/mol. The average molecular weight is 482 g/mol. The van der Waals surface area contributed by atoms with Crippen molar-refractivity contribution >= 4 is 11.8 Å². The quantitative estimate of drug-likeness (QED) is 0.343. The molecule has 3 rings (SSSR count). The van der Waals surface area contributed by atoms with Crippen LogP contribution in [-0.4, -0.2) is 17.7 Å². The van der Waals surface area contributed by atoms with Crippen molar-refractivity contribution in [3.05, 3.63) is 70.8 Å². The minimum absolute atomic E-state index is 0.320. The van der Waals surface area contributed by atoms with E-state index in [0.29, 0.717) is 22.8 Å². The van der Waals surface area contributed by atoms with Crippen molar-refractivity contribution in [2.24, 2.45) is 0 Å². The second kappa shape index (κ2) is 13.7. The van der Waals surface area contributed by atoms with E-state index in [4.69, 9.17) is 0 Å². The SMILES string of the molecule is CC.CCC(CC)(CC)c1ccc(C(c2ccc(C(CC)(CC)CC)cc2)C2CSCN2)cc1. The lowest BCUT2D eigenvalue weighted by Crippen LogP contribution is -2.32. The minimum Gasteiger partial charge on any atom is -0.303 e. The number of hydrogen-bond donors (Lipinski definition) is 1. The Kier molecular flexibility index (Phi) is 11.7. The summed E-state index contributed by atoms with van der Waals surface area (Å²) in [6.45, 7) is 18.0. The van der Waals surface area contributed by atoms with Crippen LogP contribution in [-0.2, 0) is 10.8 Å². The fourth-order valence-corrected chi connectivity index (χ4v) is 7.11. The third kappa shape index (κ3) is 5.93. The van der Waals surface area contributed by atoms with E-state index in [1.54, 1.807) is 0 Å². The molecule has 190 valence electrons. The topological polar surface area (TPSA) is 12.0 Å². The Bertz CT molecular complexity index is 729. The molecule has 0 spiro atoms. The summed E-state index contributed by atoms with van der Waals surface area (Å²) in [5.41, 5.74) is 6.56. The normalized spacial score (nSPS) is 16.4. The molecule has 1 saturated heterocycles. The van der Waals surface area contributed by atoms with E-state index in [1.165, 1.54) is 66.5 Å². The van der Waals surface area contributed by atoms with Crippen molar-refractivity contribution in [2.45, 2.75) is 117 Å². The van der Waals surface area contributed by atoms with Crippen LogP contribution >= 0.6 is 11.8 Å². The van der Waals surface area contributed by atoms with E-state index in [9.17, 15) is 0 Å². The van der Waals surface area contributed by atoms with Crippen LogP contribution in [0.4, 0.5) is 0 Å². The summed E-state index contributed by atoms with van der Waals surface area (Å²) in [4.78, 5) is 0. The van der Waals surface area contributed by atoms with E-state index >= 15 is 0 Å². The second-order valence-corrected chi connectivity index (χ2v) is 10.8. The Hall–Kier alpha value is -1.25. The van der Waals surface area contributed by atoms with Gasteiger partial charge >= 0.3 is 0 Å². The molecule has 2 aromatic rings. The van der Waals surface area contributed by atoms with Crippen LogP contribution in [0.3, 0.4) is 0 Å². The van der Waals surface area contributed by atoms with Crippen molar-refractivity contribution in [1.29, 1.82) is 0 Å². The number of hydrogen-bond acceptors (Lipinski definition) is 2. The summed E-state index contributed by atoms with van der Waals surface area (Å²) in [6.07, 6.45) is 7.24. The van der Waals surface area contributed by atoms with Gasteiger partial charge in [-0.15, -0.1) is 11.8 Å². The predicted molar refractivity (Wildman–Crippen MR) is 155 cm³/mol. The first-order chi connectivity index (χ1) is 16.5. The lowest BCUT2D eigenvalue weighted by atomic mass is 9.72. The molecule has 1 aliphatic rings. The molecule has 0 aromatic heterocycles. The van der Waals surface area contributed by atoms with Gasteiger partial charge in [-0.05, 0) is 71.6 Å². The molecule has 2 heteroatoms. The smallest absolute Gasteiger partial charge is 0.0421 e. The van der Waals surface area contributed by atoms with Crippen molar-refractivity contribution in [2.75, 3.05) is 11.6 Å². The van der Waals surface area contributed by atoms with Crippen molar-refractivity contribution in [3.63, 3.8) is 0 Å². The summed E-state index contributed by atoms with van der Waals surface area (Å²) in [5.74, 6) is 2.65. The minimum atomic E-state index is 0.320. The molecule has 1 atom stereocenters. The molecule has 0 bridgehead atoms. The van der Waals surface area contributed by atoms with Gasteiger partial charge in [0, 0.05) is 23.6 Å². The van der Waals surface area contributed by atoms with Crippen molar-refractivity contribution in [1.82, 2.24) is 5.32 Å². The second-order valence-electron chi connectivity index (χ2n) is 9.73. The predicted octanol–water partition coefficient (Wildman–Crippen LogP) is 9.44. The van der Waals surface area contributed by atoms with Crippen LogP contribution in [0.25, 0.3) is 0 Å². The summed E-state index contributed by atoms with van der Waals surface area (Å²) in [5, 5.41) is 3.77. The molecule has 1 fully saturated rings. The third-order valence-electron chi connectivity index (χ3n) is 8.97. The molecular formula is C32H51NS. The van der Waals surface area contributed by atoms with Crippen molar-refractivity contribution in [3.8, 4) is 0 Å². The highest BCUT2D eigenvalue weighted by Crippen LogP contribution is 2.39. The van der Waals surface area contributed by atoms with Gasteiger partial charge in [-0.3, -0.25) is 0 Å². The standard InChI is InChI=1S/C30H45NS.C2H6/c1-7-29(8-2,9-3)25-17-13-23(14-18-25)28(27-21-32-22-31-27)24-15-19-26(20-16-24)30(10-4,11-5)12-6;1-2/h13-20,27-28,31H,7-12,21-22H2,1-6H3;1-2H3. The summed E-state index contributed by atoms with van der Waals surface area (Å²) in [6, 6.07) is 19.9. The number of nitrogens with one attached hydrogen (secondary N) is 1. The zero-order chi connectivity index (χ0) is 25.2. The van der Waals surface area contributed by atoms with Crippen LogP contribution in [0.15, 0.2) is 48.5 Å². The molecule has 0 saturated carbocycles. The Morgan fingerprint density at radius 1 is 0.676 bits per heavy atom. The van der Waals surface area contributed by atoms with Gasteiger partial charge in [0.15, 0.2) is 0 Å². The van der Waals surface area contributed by atoms with Gasteiger partial charge in [0.1, 0.15) is 0 Å². The van der Waals surface area contributed by atoms with Gasteiger partial charge in [0.25, 0.3) is 0 Å². The molecule has 1 heterocycles. The first-order valence-electron chi connectivity index (χ1n) is 14.0. The molecule has 2 aromatic carbocycles. The van der Waals surface area contributed by atoms with Gasteiger partial charge < -0.3 is 5.32 Å². The fourth-order valence-electron chi connectivity index (χ4n) is 6.09. The van der Waals surface area contributed by atoms with E-state index in [1.807, 2.05) is 25.6 Å². The molecule has 34 heavy (non-hydrogen) atoms. The van der Waals surface area contributed by atoms with Gasteiger partial charge in [-0.25, -0.2) is 0 Å². The van der Waals surface area contributed by atoms with Crippen LogP contribution < -0.4 is 5.32 Å². The maximum absolute atomic E-state index is 3.77. The van der Waals surface area contributed by atoms with Crippen LogP contribution in [0.1, 0.15) is 122 Å². The molecule has 1 N–H and O–H groups in total. The van der Waals surface area contributed by atoms with Crippen LogP contribution in [0, 0.1) is 0 Å². The largest absolute Gasteiger partial charge is 0.303 e. The van der Waals surface area contributed by atoms with E-state index in [2.05, 4.69) is 95.4 Å². The zero-order valence-electron chi connectivity index (χ0n) is 23.3. The Labute approximate surface area is 215 Å². The lowest BCUT2D eigenvalue weighted by molar-refractivity contribution is 0.381. The van der Waals surface area contributed by atoms with Crippen LogP contribution in [0.5, 0.6) is 0 Å². The number of thioether (sulfide) groups is 1. The number of benzene rings is 2. The first kappa shape index (κ1) is 29.0. The maximum atomic E-state index is 3.77. The highest BCUT2D eigenvalue weighted by Gasteiger charge is 2.31. The van der Waals surface area contributed by atoms with Gasteiger partial charge in [0.2, 0.25) is 0 Å². The molecular weight excluding hydrogens is 430 g/mol. The van der Waals surface area contributed by atoms with Gasteiger partial charge in [-0.1, -0.05) is 104 Å². The molecule has 1 unspecified atom stereocenters. The highest BCUT2D eigenvalue weighted by atomic mass is 32.2. The lowest BCUT2D eigenvalue weighted by Gasteiger charge is -2.33. The average Bonchev–Trinajstić information content (AvgIpc) is 3.44. The van der Waals surface area contributed by atoms with Gasteiger partial charge in [0.05, 0.1) is 0 Å². The molecule has 1 nitrogen and oxygen atoms in total. The fraction of sp³-hybridized carbons (Fsp3) is 0.625. The van der Waals surface area contributed by atoms with E-state index in [0.717, 1.165) is 5.88 Å². The Morgan fingerprint density at radius 2 is 1.03 bits per heavy atom. The summed E-state index contributed by atoms with van der Waals surface area (Å²) < 4.78 is 0.